The Morgan fingerprint density at radius 2 is 2.09 bits per heavy atom. The van der Waals surface area contributed by atoms with Crippen LogP contribution < -0.4 is 10.6 Å². The minimum Gasteiger partial charge on any atom is -0.444 e. The Morgan fingerprint density at radius 1 is 1.36 bits per heavy atom. The Kier molecular flexibility index (Phi) is 5.46. The molecule has 2 N–H and O–H groups in total. The van der Waals surface area contributed by atoms with Crippen LogP contribution >= 0.6 is 0 Å². The van der Waals surface area contributed by atoms with Gasteiger partial charge in [-0.2, -0.15) is 0 Å². The Balaban J connectivity index is 1.69. The zero-order chi connectivity index (χ0) is 16.2. The van der Waals surface area contributed by atoms with E-state index in [4.69, 9.17) is 4.74 Å². The van der Waals surface area contributed by atoms with Crippen LogP contribution in [0, 0.1) is 0 Å². The van der Waals surface area contributed by atoms with Gasteiger partial charge in [-0.1, -0.05) is 24.3 Å². The second kappa shape index (κ2) is 7.14. The van der Waals surface area contributed by atoms with Gasteiger partial charge in [0.25, 0.3) is 0 Å². The summed E-state index contributed by atoms with van der Waals surface area (Å²) in [6.45, 7) is 9.10. The molecule has 1 aliphatic rings. The minimum absolute atomic E-state index is 0.0291. The SMILES string of the molecule is CC(CNCc1cccc(C2CC2)c1)NC(=O)OC(C)(C)C. The fourth-order valence-electron chi connectivity index (χ4n) is 2.37. The van der Waals surface area contributed by atoms with E-state index >= 15 is 0 Å². The number of carbonyl (C=O) groups excluding carboxylic acids is 1. The van der Waals surface area contributed by atoms with Gasteiger partial charge in [-0.05, 0) is 57.6 Å². The summed E-state index contributed by atoms with van der Waals surface area (Å²) in [6, 6.07) is 8.81. The maximum Gasteiger partial charge on any atom is 0.407 e. The first kappa shape index (κ1) is 16.8. The standard InChI is InChI=1S/C18H28N2O2/c1-13(20-17(21)22-18(2,3)4)11-19-12-14-6-5-7-16(10-14)15-8-9-15/h5-7,10,13,15,19H,8-9,11-12H2,1-4H3,(H,20,21). The molecule has 1 saturated carbocycles. The van der Waals surface area contributed by atoms with Gasteiger partial charge in [0.15, 0.2) is 0 Å². The van der Waals surface area contributed by atoms with E-state index in [1.54, 1.807) is 0 Å². The fourth-order valence-corrected chi connectivity index (χ4v) is 2.37. The van der Waals surface area contributed by atoms with Crippen LogP contribution in [-0.2, 0) is 11.3 Å². The second-order valence-electron chi connectivity index (χ2n) is 7.20. The molecule has 1 atom stereocenters. The predicted molar refractivity (Wildman–Crippen MR) is 89.0 cm³/mol. The highest BCUT2D eigenvalue weighted by Crippen LogP contribution is 2.40. The van der Waals surface area contributed by atoms with Crippen LogP contribution in [0.3, 0.4) is 0 Å². The third kappa shape index (κ3) is 6.06. The monoisotopic (exact) mass is 304 g/mol. The van der Waals surface area contributed by atoms with Gasteiger partial charge in [-0.3, -0.25) is 0 Å². The van der Waals surface area contributed by atoms with Crippen LogP contribution in [0.4, 0.5) is 4.79 Å². The topological polar surface area (TPSA) is 50.4 Å². The van der Waals surface area contributed by atoms with E-state index in [0.717, 1.165) is 12.5 Å². The van der Waals surface area contributed by atoms with E-state index in [9.17, 15) is 4.79 Å². The molecule has 0 radical (unpaired) electrons. The molecular formula is C18H28N2O2. The average molecular weight is 304 g/mol. The molecule has 1 unspecified atom stereocenters. The van der Waals surface area contributed by atoms with Crippen molar-refractivity contribution in [2.45, 2.75) is 64.6 Å². The quantitative estimate of drug-likeness (QED) is 0.845. The van der Waals surface area contributed by atoms with Gasteiger partial charge < -0.3 is 15.4 Å². The summed E-state index contributed by atoms with van der Waals surface area (Å²) in [5.41, 5.74) is 2.30. The molecule has 0 spiro atoms. The molecule has 0 heterocycles. The van der Waals surface area contributed by atoms with Crippen LogP contribution in [0.15, 0.2) is 24.3 Å². The van der Waals surface area contributed by atoms with Crippen LogP contribution in [0.25, 0.3) is 0 Å². The average Bonchev–Trinajstić information content (AvgIpc) is 3.20. The summed E-state index contributed by atoms with van der Waals surface area (Å²) in [5, 5.41) is 6.22. The zero-order valence-electron chi connectivity index (χ0n) is 14.1. The molecule has 122 valence electrons. The van der Waals surface area contributed by atoms with Crippen molar-refractivity contribution in [3.63, 3.8) is 0 Å². The summed E-state index contributed by atoms with van der Waals surface area (Å²) in [5.74, 6) is 0.785. The third-order valence-corrected chi connectivity index (χ3v) is 3.54. The number of alkyl carbamates (subject to hydrolysis) is 1. The molecule has 0 bridgehead atoms. The van der Waals surface area contributed by atoms with Crippen molar-refractivity contribution in [2.24, 2.45) is 0 Å². The third-order valence-electron chi connectivity index (χ3n) is 3.54. The highest BCUT2D eigenvalue weighted by Gasteiger charge is 2.23. The van der Waals surface area contributed by atoms with Crippen molar-refractivity contribution >= 4 is 6.09 Å². The molecule has 1 aromatic carbocycles. The lowest BCUT2D eigenvalue weighted by atomic mass is 10.1. The number of hydrogen-bond acceptors (Lipinski definition) is 3. The van der Waals surface area contributed by atoms with Crippen LogP contribution in [0.5, 0.6) is 0 Å². The summed E-state index contributed by atoms with van der Waals surface area (Å²) in [7, 11) is 0. The molecule has 4 nitrogen and oxygen atoms in total. The Bertz CT molecular complexity index is 504. The number of amides is 1. The number of nitrogens with one attached hydrogen (secondary N) is 2. The van der Waals surface area contributed by atoms with E-state index in [0.29, 0.717) is 6.54 Å². The van der Waals surface area contributed by atoms with Gasteiger partial charge in [0.2, 0.25) is 0 Å². The molecule has 4 heteroatoms. The van der Waals surface area contributed by atoms with Gasteiger partial charge in [-0.15, -0.1) is 0 Å². The molecular weight excluding hydrogens is 276 g/mol. The second-order valence-corrected chi connectivity index (χ2v) is 7.20. The van der Waals surface area contributed by atoms with E-state index in [2.05, 4.69) is 34.9 Å². The maximum absolute atomic E-state index is 11.7. The summed E-state index contributed by atoms with van der Waals surface area (Å²) in [4.78, 5) is 11.7. The van der Waals surface area contributed by atoms with Crippen molar-refractivity contribution in [1.29, 1.82) is 0 Å². The molecule has 22 heavy (non-hydrogen) atoms. The van der Waals surface area contributed by atoms with E-state index < -0.39 is 5.60 Å². The fraction of sp³-hybridized carbons (Fsp3) is 0.611. The first-order valence-electron chi connectivity index (χ1n) is 8.12. The number of ether oxygens (including phenoxy) is 1. The van der Waals surface area contributed by atoms with Gasteiger partial charge in [0.05, 0.1) is 0 Å². The highest BCUT2D eigenvalue weighted by atomic mass is 16.6. The lowest BCUT2D eigenvalue weighted by Crippen LogP contribution is -2.42. The Labute approximate surface area is 133 Å². The molecule has 1 fully saturated rings. The van der Waals surface area contributed by atoms with Gasteiger partial charge in [-0.25, -0.2) is 4.79 Å². The minimum atomic E-state index is -0.458. The van der Waals surface area contributed by atoms with Gasteiger partial charge >= 0.3 is 6.09 Å². The largest absolute Gasteiger partial charge is 0.444 e. The molecule has 0 aromatic heterocycles. The van der Waals surface area contributed by atoms with Crippen molar-refractivity contribution in [2.75, 3.05) is 6.54 Å². The molecule has 1 aliphatic carbocycles. The summed E-state index contributed by atoms with van der Waals surface area (Å²) < 4.78 is 5.24. The van der Waals surface area contributed by atoms with E-state index in [1.165, 1.54) is 24.0 Å². The normalized spacial score (nSPS) is 16.2. The highest BCUT2D eigenvalue weighted by molar-refractivity contribution is 5.68. The van der Waals surface area contributed by atoms with Crippen LogP contribution in [0.2, 0.25) is 0 Å². The Morgan fingerprint density at radius 3 is 2.73 bits per heavy atom. The number of carbonyl (C=O) groups is 1. The molecule has 0 aliphatic heterocycles. The predicted octanol–water partition coefficient (Wildman–Crippen LogP) is 3.57. The maximum atomic E-state index is 11.7. The molecule has 2 rings (SSSR count). The summed E-state index contributed by atoms with van der Waals surface area (Å²) in [6.07, 6.45) is 2.29. The molecule has 1 amide bonds. The van der Waals surface area contributed by atoms with E-state index in [-0.39, 0.29) is 12.1 Å². The number of hydrogen-bond donors (Lipinski definition) is 2. The van der Waals surface area contributed by atoms with Crippen molar-refractivity contribution in [3.05, 3.63) is 35.4 Å². The Hall–Kier alpha value is -1.55. The number of benzene rings is 1. The number of rotatable bonds is 6. The first-order chi connectivity index (χ1) is 10.3. The van der Waals surface area contributed by atoms with Crippen molar-refractivity contribution < 1.29 is 9.53 Å². The summed E-state index contributed by atoms with van der Waals surface area (Å²) >= 11 is 0. The molecule has 1 aromatic rings. The van der Waals surface area contributed by atoms with Gasteiger partial charge in [0, 0.05) is 19.1 Å². The zero-order valence-corrected chi connectivity index (χ0v) is 14.1. The van der Waals surface area contributed by atoms with Crippen LogP contribution in [0.1, 0.15) is 57.6 Å². The molecule has 0 saturated heterocycles. The van der Waals surface area contributed by atoms with Crippen molar-refractivity contribution in [1.82, 2.24) is 10.6 Å². The lowest BCUT2D eigenvalue weighted by molar-refractivity contribution is 0.0508. The first-order valence-corrected chi connectivity index (χ1v) is 8.12. The smallest absolute Gasteiger partial charge is 0.407 e. The van der Waals surface area contributed by atoms with E-state index in [1.807, 2.05) is 27.7 Å². The van der Waals surface area contributed by atoms with Crippen LogP contribution in [-0.4, -0.2) is 24.3 Å². The lowest BCUT2D eigenvalue weighted by Gasteiger charge is -2.22. The van der Waals surface area contributed by atoms with Gasteiger partial charge in [0.1, 0.15) is 5.60 Å². The van der Waals surface area contributed by atoms with Crippen molar-refractivity contribution in [3.8, 4) is 0 Å².